The SMILES string of the molecule is COc1ccc2c(c1)N(C(=O)CN1CCC(Cc3ccccc3)CC1)C(C)C2. The van der Waals surface area contributed by atoms with Crippen molar-refractivity contribution in [2.45, 2.75) is 38.6 Å². The van der Waals surface area contributed by atoms with Gasteiger partial charge in [0.25, 0.3) is 0 Å². The fraction of sp³-hybridized carbons (Fsp3) is 0.458. The van der Waals surface area contributed by atoms with Crippen LogP contribution in [0.5, 0.6) is 5.75 Å². The summed E-state index contributed by atoms with van der Waals surface area (Å²) in [6, 6.07) is 17.0. The molecule has 2 aromatic rings. The van der Waals surface area contributed by atoms with E-state index >= 15 is 0 Å². The summed E-state index contributed by atoms with van der Waals surface area (Å²) in [4.78, 5) is 17.4. The second-order valence-corrected chi connectivity index (χ2v) is 8.22. The van der Waals surface area contributed by atoms with Crippen molar-refractivity contribution >= 4 is 11.6 Å². The Balaban J connectivity index is 1.34. The molecule has 2 aliphatic heterocycles. The lowest BCUT2D eigenvalue weighted by Gasteiger charge is -2.33. The van der Waals surface area contributed by atoms with E-state index in [2.05, 4.69) is 48.2 Å². The van der Waals surface area contributed by atoms with Crippen molar-refractivity contribution in [3.05, 3.63) is 59.7 Å². The van der Waals surface area contributed by atoms with Crippen LogP contribution in [0.2, 0.25) is 0 Å². The van der Waals surface area contributed by atoms with E-state index in [-0.39, 0.29) is 11.9 Å². The molecule has 1 amide bonds. The minimum atomic E-state index is 0.209. The summed E-state index contributed by atoms with van der Waals surface area (Å²) in [7, 11) is 1.67. The monoisotopic (exact) mass is 378 g/mol. The number of anilines is 1. The highest BCUT2D eigenvalue weighted by Gasteiger charge is 2.32. The molecule has 0 radical (unpaired) electrons. The minimum Gasteiger partial charge on any atom is -0.497 e. The number of ether oxygens (including phenoxy) is 1. The number of hydrogen-bond donors (Lipinski definition) is 0. The van der Waals surface area contributed by atoms with Crippen LogP contribution in [0.15, 0.2) is 48.5 Å². The van der Waals surface area contributed by atoms with Gasteiger partial charge in [-0.05, 0) is 68.8 Å². The Morgan fingerprint density at radius 3 is 2.57 bits per heavy atom. The number of carbonyl (C=O) groups excluding carboxylic acids is 1. The van der Waals surface area contributed by atoms with Crippen LogP contribution in [0.1, 0.15) is 30.9 Å². The quantitative estimate of drug-likeness (QED) is 0.790. The van der Waals surface area contributed by atoms with E-state index in [0.29, 0.717) is 6.54 Å². The van der Waals surface area contributed by atoms with E-state index in [1.165, 1.54) is 24.0 Å². The number of nitrogens with zero attached hydrogens (tertiary/aromatic N) is 2. The van der Waals surface area contributed by atoms with E-state index in [4.69, 9.17) is 4.74 Å². The van der Waals surface area contributed by atoms with Crippen molar-refractivity contribution in [2.24, 2.45) is 5.92 Å². The first kappa shape index (κ1) is 19.0. The van der Waals surface area contributed by atoms with E-state index in [1.807, 2.05) is 17.0 Å². The van der Waals surface area contributed by atoms with Crippen molar-refractivity contribution < 1.29 is 9.53 Å². The van der Waals surface area contributed by atoms with Gasteiger partial charge in [0, 0.05) is 12.1 Å². The first-order valence-corrected chi connectivity index (χ1v) is 10.4. The Morgan fingerprint density at radius 1 is 1.11 bits per heavy atom. The lowest BCUT2D eigenvalue weighted by molar-refractivity contribution is -0.120. The van der Waals surface area contributed by atoms with Crippen LogP contribution in [0.3, 0.4) is 0 Å². The third kappa shape index (κ3) is 4.07. The van der Waals surface area contributed by atoms with Gasteiger partial charge in [-0.2, -0.15) is 0 Å². The average Bonchev–Trinajstić information content (AvgIpc) is 3.05. The molecular weight excluding hydrogens is 348 g/mol. The third-order valence-electron chi connectivity index (χ3n) is 6.21. The summed E-state index contributed by atoms with van der Waals surface area (Å²) in [5.41, 5.74) is 3.69. The fourth-order valence-electron chi connectivity index (χ4n) is 4.66. The first-order chi connectivity index (χ1) is 13.6. The van der Waals surface area contributed by atoms with Crippen LogP contribution < -0.4 is 9.64 Å². The van der Waals surface area contributed by atoms with Gasteiger partial charge < -0.3 is 9.64 Å². The standard InChI is InChI=1S/C24H30N2O2/c1-18-14-21-8-9-22(28-2)16-23(21)26(18)24(27)17-25-12-10-20(11-13-25)15-19-6-4-3-5-7-19/h3-9,16,18,20H,10-15,17H2,1-2H3. The molecule has 0 N–H and O–H groups in total. The summed E-state index contributed by atoms with van der Waals surface area (Å²) in [5, 5.41) is 0. The van der Waals surface area contributed by atoms with Gasteiger partial charge in [0.15, 0.2) is 0 Å². The number of amides is 1. The molecule has 0 bridgehead atoms. The van der Waals surface area contributed by atoms with Gasteiger partial charge in [0.2, 0.25) is 5.91 Å². The Labute approximate surface area is 168 Å². The summed E-state index contributed by atoms with van der Waals surface area (Å²) in [5.74, 6) is 1.75. The molecule has 28 heavy (non-hydrogen) atoms. The highest BCUT2D eigenvalue weighted by atomic mass is 16.5. The van der Waals surface area contributed by atoms with Crippen molar-refractivity contribution in [3.63, 3.8) is 0 Å². The van der Waals surface area contributed by atoms with Gasteiger partial charge in [0.1, 0.15) is 5.75 Å². The van der Waals surface area contributed by atoms with Crippen molar-refractivity contribution in [1.29, 1.82) is 0 Å². The largest absolute Gasteiger partial charge is 0.497 e. The Bertz CT molecular complexity index is 813. The van der Waals surface area contributed by atoms with Crippen LogP contribution in [-0.2, 0) is 17.6 Å². The highest BCUT2D eigenvalue weighted by Crippen LogP contribution is 2.35. The van der Waals surface area contributed by atoms with E-state index < -0.39 is 0 Å². The molecule has 2 aliphatic rings. The Morgan fingerprint density at radius 2 is 1.86 bits per heavy atom. The molecular formula is C24H30N2O2. The molecule has 2 aromatic carbocycles. The number of carbonyl (C=O) groups is 1. The van der Waals surface area contributed by atoms with Crippen LogP contribution >= 0.6 is 0 Å². The molecule has 2 heterocycles. The number of methoxy groups -OCH3 is 1. The highest BCUT2D eigenvalue weighted by molar-refractivity contribution is 5.97. The summed E-state index contributed by atoms with van der Waals surface area (Å²) in [6.45, 7) is 4.67. The predicted octanol–water partition coefficient (Wildman–Crippen LogP) is 3.93. The molecule has 4 rings (SSSR count). The Hall–Kier alpha value is -2.33. The molecule has 0 spiro atoms. The molecule has 0 aromatic heterocycles. The number of hydrogen-bond acceptors (Lipinski definition) is 3. The predicted molar refractivity (Wildman–Crippen MR) is 113 cm³/mol. The molecule has 1 atom stereocenters. The third-order valence-corrected chi connectivity index (χ3v) is 6.21. The number of fused-ring (bicyclic) bond motifs is 1. The molecule has 4 heteroatoms. The van der Waals surface area contributed by atoms with Crippen LogP contribution in [0.4, 0.5) is 5.69 Å². The number of rotatable bonds is 5. The lowest BCUT2D eigenvalue weighted by Crippen LogP contribution is -2.45. The van der Waals surface area contributed by atoms with Crippen molar-refractivity contribution in [1.82, 2.24) is 4.90 Å². The summed E-state index contributed by atoms with van der Waals surface area (Å²) < 4.78 is 5.36. The van der Waals surface area contributed by atoms with Gasteiger partial charge >= 0.3 is 0 Å². The normalized spacial score (nSPS) is 20.2. The van der Waals surface area contributed by atoms with Crippen LogP contribution in [0, 0.1) is 5.92 Å². The summed E-state index contributed by atoms with van der Waals surface area (Å²) >= 11 is 0. The first-order valence-electron chi connectivity index (χ1n) is 10.4. The van der Waals surface area contributed by atoms with Gasteiger partial charge in [-0.25, -0.2) is 0 Å². The second-order valence-electron chi connectivity index (χ2n) is 8.22. The molecule has 4 nitrogen and oxygen atoms in total. The zero-order valence-electron chi connectivity index (χ0n) is 16.9. The maximum atomic E-state index is 13.1. The van der Waals surface area contributed by atoms with Gasteiger partial charge in [0.05, 0.1) is 19.3 Å². The maximum absolute atomic E-state index is 13.1. The molecule has 148 valence electrons. The molecule has 1 saturated heterocycles. The maximum Gasteiger partial charge on any atom is 0.241 e. The molecule has 0 aliphatic carbocycles. The second kappa shape index (κ2) is 8.36. The zero-order chi connectivity index (χ0) is 19.5. The summed E-state index contributed by atoms with van der Waals surface area (Å²) in [6.07, 6.45) is 4.41. The molecule has 1 fully saturated rings. The van der Waals surface area contributed by atoms with Gasteiger partial charge in [-0.15, -0.1) is 0 Å². The lowest BCUT2D eigenvalue weighted by atomic mass is 9.90. The number of likely N-dealkylation sites (tertiary alicyclic amines) is 1. The molecule has 0 saturated carbocycles. The topological polar surface area (TPSA) is 32.8 Å². The zero-order valence-corrected chi connectivity index (χ0v) is 16.9. The van der Waals surface area contributed by atoms with Gasteiger partial charge in [-0.1, -0.05) is 36.4 Å². The average molecular weight is 379 g/mol. The van der Waals surface area contributed by atoms with E-state index in [0.717, 1.165) is 43.3 Å². The molecule has 1 unspecified atom stereocenters. The minimum absolute atomic E-state index is 0.209. The smallest absolute Gasteiger partial charge is 0.241 e. The van der Waals surface area contributed by atoms with Crippen LogP contribution in [0.25, 0.3) is 0 Å². The van der Waals surface area contributed by atoms with Crippen molar-refractivity contribution in [3.8, 4) is 5.75 Å². The van der Waals surface area contributed by atoms with Crippen molar-refractivity contribution in [2.75, 3.05) is 31.6 Å². The van der Waals surface area contributed by atoms with Crippen LogP contribution in [-0.4, -0.2) is 43.6 Å². The number of benzene rings is 2. The van der Waals surface area contributed by atoms with E-state index in [9.17, 15) is 4.79 Å². The fourth-order valence-corrected chi connectivity index (χ4v) is 4.66. The van der Waals surface area contributed by atoms with Gasteiger partial charge in [-0.3, -0.25) is 9.69 Å². The van der Waals surface area contributed by atoms with E-state index in [1.54, 1.807) is 7.11 Å². The Kier molecular flexibility index (Phi) is 5.67. The number of piperidine rings is 1.